The van der Waals surface area contributed by atoms with Gasteiger partial charge < -0.3 is 4.42 Å². The van der Waals surface area contributed by atoms with Crippen molar-refractivity contribution in [3.63, 3.8) is 0 Å². The van der Waals surface area contributed by atoms with Crippen LogP contribution in [-0.2, 0) is 4.79 Å². The van der Waals surface area contributed by atoms with Gasteiger partial charge in [0.2, 0.25) is 0 Å². The first-order chi connectivity index (χ1) is 10.8. The fourth-order valence-corrected chi connectivity index (χ4v) is 2.18. The highest BCUT2D eigenvalue weighted by Crippen LogP contribution is 2.24. The fraction of sp³-hybridized carbons (Fsp3) is 0.357. The molecule has 0 saturated heterocycles. The van der Waals surface area contributed by atoms with Crippen molar-refractivity contribution in [3.8, 4) is 0 Å². The van der Waals surface area contributed by atoms with Gasteiger partial charge in [-0.1, -0.05) is 0 Å². The number of aryl methyl sites for hydroxylation is 2. The highest BCUT2D eigenvalue weighted by Gasteiger charge is 2.26. The molecule has 0 radical (unpaired) electrons. The minimum atomic E-state index is -0.738. The lowest BCUT2D eigenvalue weighted by Gasteiger charge is -2.11. The molecule has 1 N–H and O–H groups in total. The summed E-state index contributed by atoms with van der Waals surface area (Å²) in [5, 5.41) is 18.9. The Labute approximate surface area is 132 Å². The molecule has 1 unspecified atom stereocenters. The van der Waals surface area contributed by atoms with Gasteiger partial charge >= 0.3 is 5.69 Å². The van der Waals surface area contributed by atoms with E-state index >= 15 is 0 Å². The topological polar surface area (TPSA) is 116 Å². The first-order valence-electron chi connectivity index (χ1n) is 6.90. The van der Waals surface area contributed by atoms with Crippen molar-refractivity contribution in [1.29, 1.82) is 0 Å². The number of furan rings is 1. The zero-order valence-corrected chi connectivity index (χ0v) is 13.2. The first-order valence-corrected chi connectivity index (χ1v) is 6.90. The van der Waals surface area contributed by atoms with Crippen molar-refractivity contribution in [1.82, 2.24) is 15.2 Å². The standard InChI is InChI=1S/C14H17N5O4/c1-8-5-6-12(23-8)7-15-16-14(20)11(4)18-10(3)13(19(21)22)9(2)17-18/h5-7,11H,1-4H3,(H,16,20). The van der Waals surface area contributed by atoms with Crippen LogP contribution in [0, 0.1) is 30.9 Å². The van der Waals surface area contributed by atoms with Crippen LogP contribution in [0.15, 0.2) is 21.7 Å². The number of nitrogens with one attached hydrogen (secondary N) is 1. The van der Waals surface area contributed by atoms with Crippen molar-refractivity contribution in [3.05, 3.63) is 45.2 Å². The smallest absolute Gasteiger partial charge is 0.312 e. The SMILES string of the molecule is Cc1ccc(C=NNC(=O)C(C)n2nc(C)c([N+](=O)[O-])c2C)o1. The number of amides is 1. The van der Waals surface area contributed by atoms with E-state index in [0.29, 0.717) is 11.5 Å². The maximum Gasteiger partial charge on any atom is 0.312 e. The Kier molecular flexibility index (Phi) is 4.58. The van der Waals surface area contributed by atoms with Gasteiger partial charge in [-0.25, -0.2) is 5.43 Å². The molecule has 2 aromatic heterocycles. The maximum atomic E-state index is 12.1. The van der Waals surface area contributed by atoms with Crippen molar-refractivity contribution in [2.75, 3.05) is 0 Å². The maximum absolute atomic E-state index is 12.1. The lowest BCUT2D eigenvalue weighted by Crippen LogP contribution is -2.28. The highest BCUT2D eigenvalue weighted by atomic mass is 16.6. The van der Waals surface area contributed by atoms with Crippen LogP contribution in [0.1, 0.15) is 35.9 Å². The van der Waals surface area contributed by atoms with Gasteiger partial charge in [0.25, 0.3) is 5.91 Å². The number of aromatic nitrogens is 2. The van der Waals surface area contributed by atoms with Crippen LogP contribution >= 0.6 is 0 Å². The number of rotatable bonds is 5. The van der Waals surface area contributed by atoms with Crippen LogP contribution in [0.3, 0.4) is 0 Å². The van der Waals surface area contributed by atoms with E-state index in [9.17, 15) is 14.9 Å². The average Bonchev–Trinajstić information content (AvgIpc) is 3.01. The predicted octanol–water partition coefficient (Wildman–Crippen LogP) is 2.02. The van der Waals surface area contributed by atoms with Gasteiger partial charge in [0.1, 0.15) is 29.0 Å². The summed E-state index contributed by atoms with van der Waals surface area (Å²) in [5.74, 6) is 0.809. The fourth-order valence-electron chi connectivity index (χ4n) is 2.18. The molecule has 0 aliphatic heterocycles. The largest absolute Gasteiger partial charge is 0.460 e. The molecule has 23 heavy (non-hydrogen) atoms. The third kappa shape index (κ3) is 3.44. The second-order valence-corrected chi connectivity index (χ2v) is 5.08. The van der Waals surface area contributed by atoms with Gasteiger partial charge in [-0.2, -0.15) is 10.2 Å². The second kappa shape index (κ2) is 6.42. The van der Waals surface area contributed by atoms with Crippen molar-refractivity contribution >= 4 is 17.8 Å². The molecule has 9 nitrogen and oxygen atoms in total. The molecule has 0 aliphatic rings. The zero-order chi connectivity index (χ0) is 17.1. The Balaban J connectivity index is 2.09. The van der Waals surface area contributed by atoms with Crippen LogP contribution in [0.5, 0.6) is 0 Å². The van der Waals surface area contributed by atoms with E-state index in [-0.39, 0.29) is 11.4 Å². The average molecular weight is 319 g/mol. The highest BCUT2D eigenvalue weighted by molar-refractivity contribution is 5.82. The summed E-state index contributed by atoms with van der Waals surface area (Å²) in [4.78, 5) is 22.6. The van der Waals surface area contributed by atoms with Crippen molar-refractivity contribution < 1.29 is 14.1 Å². The van der Waals surface area contributed by atoms with Gasteiger partial charge in [-0.3, -0.25) is 19.6 Å². The van der Waals surface area contributed by atoms with Gasteiger partial charge in [0.15, 0.2) is 0 Å². The molecule has 1 atom stereocenters. The summed E-state index contributed by atoms with van der Waals surface area (Å²) < 4.78 is 6.60. The molecule has 0 bridgehead atoms. The molecule has 2 heterocycles. The van der Waals surface area contributed by atoms with E-state index in [1.165, 1.54) is 17.8 Å². The third-order valence-electron chi connectivity index (χ3n) is 3.34. The van der Waals surface area contributed by atoms with Crippen LogP contribution in [-0.4, -0.2) is 26.8 Å². The van der Waals surface area contributed by atoms with E-state index in [4.69, 9.17) is 4.42 Å². The van der Waals surface area contributed by atoms with Crippen LogP contribution in [0.4, 0.5) is 5.69 Å². The zero-order valence-electron chi connectivity index (χ0n) is 13.2. The molecule has 122 valence electrons. The van der Waals surface area contributed by atoms with E-state index < -0.39 is 16.9 Å². The number of hydrogen-bond donors (Lipinski definition) is 1. The molecule has 0 spiro atoms. The first kappa shape index (κ1) is 16.4. The Hall–Kier alpha value is -2.97. The van der Waals surface area contributed by atoms with Gasteiger partial charge in [-0.05, 0) is 39.8 Å². The molecule has 0 aromatic carbocycles. The number of carbonyl (C=O) groups excluding carboxylic acids is 1. The van der Waals surface area contributed by atoms with E-state index in [0.717, 1.165) is 5.76 Å². The summed E-state index contributed by atoms with van der Waals surface area (Å²) in [6.07, 6.45) is 1.38. The lowest BCUT2D eigenvalue weighted by atomic mass is 10.3. The number of carbonyl (C=O) groups is 1. The molecule has 0 aliphatic carbocycles. The molecule has 9 heteroatoms. The lowest BCUT2D eigenvalue weighted by molar-refractivity contribution is -0.386. The molecular formula is C14H17N5O4. The Bertz CT molecular complexity index is 774. The van der Waals surface area contributed by atoms with Crippen LogP contribution in [0.25, 0.3) is 0 Å². The molecule has 2 aromatic rings. The van der Waals surface area contributed by atoms with Crippen LogP contribution in [0.2, 0.25) is 0 Å². The Morgan fingerprint density at radius 1 is 1.48 bits per heavy atom. The monoisotopic (exact) mass is 319 g/mol. The third-order valence-corrected chi connectivity index (χ3v) is 3.34. The van der Waals surface area contributed by atoms with Gasteiger partial charge in [0, 0.05) is 0 Å². The van der Waals surface area contributed by atoms with E-state index in [2.05, 4.69) is 15.6 Å². The minimum absolute atomic E-state index is 0.0841. The van der Waals surface area contributed by atoms with Crippen LogP contribution < -0.4 is 5.43 Å². The van der Waals surface area contributed by atoms with Gasteiger partial charge in [-0.15, -0.1) is 0 Å². The number of nitrogens with zero attached hydrogens (tertiary/aromatic N) is 4. The van der Waals surface area contributed by atoms with E-state index in [1.54, 1.807) is 32.9 Å². The van der Waals surface area contributed by atoms with Gasteiger partial charge in [0.05, 0.1) is 11.1 Å². The van der Waals surface area contributed by atoms with Crippen molar-refractivity contribution in [2.24, 2.45) is 5.10 Å². The molecule has 0 saturated carbocycles. The summed E-state index contributed by atoms with van der Waals surface area (Å²) in [6.45, 7) is 6.47. The minimum Gasteiger partial charge on any atom is -0.460 e. The predicted molar refractivity (Wildman–Crippen MR) is 82.2 cm³/mol. The summed E-state index contributed by atoms with van der Waals surface area (Å²) >= 11 is 0. The summed E-state index contributed by atoms with van der Waals surface area (Å²) in [6, 6.07) is 2.76. The Morgan fingerprint density at radius 3 is 2.70 bits per heavy atom. The summed E-state index contributed by atoms with van der Waals surface area (Å²) in [5.41, 5.74) is 2.87. The number of hydrogen-bond acceptors (Lipinski definition) is 6. The molecule has 2 rings (SSSR count). The summed E-state index contributed by atoms with van der Waals surface area (Å²) in [7, 11) is 0. The quantitative estimate of drug-likeness (QED) is 0.514. The molecule has 0 fully saturated rings. The van der Waals surface area contributed by atoms with Crippen molar-refractivity contribution in [2.45, 2.75) is 33.7 Å². The number of nitro groups is 1. The second-order valence-electron chi connectivity index (χ2n) is 5.08. The number of hydrazone groups is 1. The Morgan fingerprint density at radius 2 is 2.17 bits per heavy atom. The molecule has 1 amide bonds. The molecular weight excluding hydrogens is 302 g/mol. The van der Waals surface area contributed by atoms with E-state index in [1.807, 2.05) is 0 Å². The normalized spacial score (nSPS) is 12.5.